The molecule has 10 heteroatoms. The molecule has 0 fully saturated rings. The maximum atomic E-state index is 12.3. The standard InChI is InChI=1S/C18H18N4O5S/c23-16(19-20-18(25)12-2-1-3-14(10-12)22(26)27)4-5-17(24)21-8-6-15-13(11-21)7-9-28-15/h1-3,7,9-10H,4-6,8,11H2,(H,19,23)(H,20,25). The number of nitrogens with zero attached hydrogens (tertiary/aromatic N) is 2. The Morgan fingerprint density at radius 2 is 2.00 bits per heavy atom. The fourth-order valence-electron chi connectivity index (χ4n) is 2.86. The Hall–Kier alpha value is -3.27. The SMILES string of the molecule is O=C(CCC(=O)N1CCc2sccc2C1)NNC(=O)c1cccc([N+](=O)[O-])c1. The number of benzene rings is 1. The van der Waals surface area contributed by atoms with Gasteiger partial charge in [0.2, 0.25) is 11.8 Å². The molecule has 2 heterocycles. The van der Waals surface area contributed by atoms with Gasteiger partial charge in [0.05, 0.1) is 4.92 Å². The lowest BCUT2D eigenvalue weighted by Gasteiger charge is -2.27. The second kappa shape index (κ2) is 8.61. The molecule has 1 aromatic heterocycles. The average Bonchev–Trinajstić information content (AvgIpc) is 3.18. The van der Waals surface area contributed by atoms with E-state index in [-0.39, 0.29) is 30.0 Å². The van der Waals surface area contributed by atoms with E-state index in [1.54, 1.807) is 16.2 Å². The summed E-state index contributed by atoms with van der Waals surface area (Å²) in [4.78, 5) is 49.3. The van der Waals surface area contributed by atoms with E-state index in [1.807, 2.05) is 11.4 Å². The summed E-state index contributed by atoms with van der Waals surface area (Å²) in [7, 11) is 0. The highest BCUT2D eigenvalue weighted by Gasteiger charge is 2.22. The van der Waals surface area contributed by atoms with Crippen LogP contribution in [0.2, 0.25) is 0 Å². The van der Waals surface area contributed by atoms with Crippen LogP contribution in [0.4, 0.5) is 5.69 Å². The van der Waals surface area contributed by atoms with E-state index < -0.39 is 16.7 Å². The van der Waals surface area contributed by atoms with Crippen molar-refractivity contribution in [1.29, 1.82) is 0 Å². The van der Waals surface area contributed by atoms with Crippen LogP contribution in [0.15, 0.2) is 35.7 Å². The molecule has 0 spiro atoms. The monoisotopic (exact) mass is 402 g/mol. The van der Waals surface area contributed by atoms with Gasteiger partial charge in [0, 0.05) is 48.5 Å². The van der Waals surface area contributed by atoms with E-state index in [2.05, 4.69) is 10.9 Å². The number of carbonyl (C=O) groups is 3. The molecular formula is C18H18N4O5S. The molecule has 28 heavy (non-hydrogen) atoms. The van der Waals surface area contributed by atoms with Crippen molar-refractivity contribution in [2.45, 2.75) is 25.8 Å². The first-order valence-corrected chi connectivity index (χ1v) is 9.48. The van der Waals surface area contributed by atoms with E-state index in [4.69, 9.17) is 0 Å². The first kappa shape index (κ1) is 19.5. The van der Waals surface area contributed by atoms with Gasteiger partial charge in [-0.15, -0.1) is 11.3 Å². The van der Waals surface area contributed by atoms with Gasteiger partial charge >= 0.3 is 0 Å². The molecule has 9 nitrogen and oxygen atoms in total. The number of thiophene rings is 1. The fraction of sp³-hybridized carbons (Fsp3) is 0.278. The van der Waals surface area contributed by atoms with E-state index in [1.165, 1.54) is 23.1 Å². The van der Waals surface area contributed by atoms with Gasteiger partial charge in [-0.3, -0.25) is 35.3 Å². The number of hydrogen-bond acceptors (Lipinski definition) is 6. The molecule has 0 saturated heterocycles. The average molecular weight is 402 g/mol. The van der Waals surface area contributed by atoms with Crippen LogP contribution in [-0.4, -0.2) is 34.1 Å². The number of non-ortho nitro benzene ring substituents is 1. The summed E-state index contributed by atoms with van der Waals surface area (Å²) in [6.45, 7) is 1.19. The van der Waals surface area contributed by atoms with Crippen LogP contribution in [0.25, 0.3) is 0 Å². The lowest BCUT2D eigenvalue weighted by Crippen LogP contribution is -2.42. The zero-order chi connectivity index (χ0) is 20.1. The molecule has 0 aliphatic carbocycles. The summed E-state index contributed by atoms with van der Waals surface area (Å²) in [5, 5.41) is 12.8. The van der Waals surface area contributed by atoms with Gasteiger partial charge in [0.1, 0.15) is 0 Å². The third-order valence-corrected chi connectivity index (χ3v) is 5.38. The van der Waals surface area contributed by atoms with Crippen LogP contribution < -0.4 is 10.9 Å². The Bertz CT molecular complexity index is 926. The largest absolute Gasteiger partial charge is 0.338 e. The number of rotatable bonds is 5. The summed E-state index contributed by atoms with van der Waals surface area (Å²) in [6, 6.07) is 7.16. The Balaban J connectivity index is 1.43. The molecule has 2 aromatic rings. The second-order valence-corrected chi connectivity index (χ2v) is 7.24. The molecule has 1 aliphatic rings. The zero-order valence-electron chi connectivity index (χ0n) is 14.8. The number of nitrogens with one attached hydrogen (secondary N) is 2. The Morgan fingerprint density at radius 3 is 2.79 bits per heavy atom. The Labute approximate surface area is 164 Å². The summed E-state index contributed by atoms with van der Waals surface area (Å²) >= 11 is 1.69. The Kier molecular flexibility index (Phi) is 5.99. The molecular weight excluding hydrogens is 384 g/mol. The third-order valence-electron chi connectivity index (χ3n) is 4.36. The van der Waals surface area contributed by atoms with Crippen molar-refractivity contribution >= 4 is 34.7 Å². The van der Waals surface area contributed by atoms with Crippen LogP contribution in [0.5, 0.6) is 0 Å². The van der Waals surface area contributed by atoms with Gasteiger partial charge in [0.15, 0.2) is 0 Å². The van der Waals surface area contributed by atoms with Gasteiger partial charge in [-0.1, -0.05) is 6.07 Å². The summed E-state index contributed by atoms with van der Waals surface area (Å²) < 4.78 is 0. The van der Waals surface area contributed by atoms with Crippen LogP contribution >= 0.6 is 11.3 Å². The fourth-order valence-corrected chi connectivity index (χ4v) is 3.75. The number of nitro groups is 1. The number of amides is 3. The van der Waals surface area contributed by atoms with Crippen molar-refractivity contribution in [3.63, 3.8) is 0 Å². The third kappa shape index (κ3) is 4.71. The van der Waals surface area contributed by atoms with Gasteiger partial charge in [0.25, 0.3) is 11.6 Å². The summed E-state index contributed by atoms with van der Waals surface area (Å²) in [6.07, 6.45) is 0.795. The van der Waals surface area contributed by atoms with Crippen molar-refractivity contribution in [2.75, 3.05) is 6.54 Å². The predicted octanol–water partition coefficient (Wildman–Crippen LogP) is 1.78. The van der Waals surface area contributed by atoms with Gasteiger partial charge in [-0.2, -0.15) is 0 Å². The molecule has 146 valence electrons. The van der Waals surface area contributed by atoms with E-state index in [0.717, 1.165) is 18.1 Å². The molecule has 2 N–H and O–H groups in total. The van der Waals surface area contributed by atoms with Crippen LogP contribution in [0.1, 0.15) is 33.6 Å². The van der Waals surface area contributed by atoms with Crippen molar-refractivity contribution in [2.24, 2.45) is 0 Å². The molecule has 0 atom stereocenters. The number of hydrazine groups is 1. The van der Waals surface area contributed by atoms with Crippen molar-refractivity contribution in [1.82, 2.24) is 15.8 Å². The highest BCUT2D eigenvalue weighted by molar-refractivity contribution is 7.10. The Morgan fingerprint density at radius 1 is 1.18 bits per heavy atom. The quantitative estimate of drug-likeness (QED) is 0.583. The van der Waals surface area contributed by atoms with E-state index >= 15 is 0 Å². The molecule has 1 aliphatic heterocycles. The molecule has 0 saturated carbocycles. The predicted molar refractivity (Wildman–Crippen MR) is 101 cm³/mol. The van der Waals surface area contributed by atoms with Gasteiger partial charge in [-0.05, 0) is 29.5 Å². The lowest BCUT2D eigenvalue weighted by atomic mass is 10.1. The molecule has 1 aromatic carbocycles. The minimum atomic E-state index is -0.676. The van der Waals surface area contributed by atoms with Gasteiger partial charge in [-0.25, -0.2) is 0 Å². The highest BCUT2D eigenvalue weighted by atomic mass is 32.1. The summed E-state index contributed by atoms with van der Waals surface area (Å²) in [5.41, 5.74) is 5.39. The highest BCUT2D eigenvalue weighted by Crippen LogP contribution is 2.24. The molecule has 0 unspecified atom stereocenters. The molecule has 3 rings (SSSR count). The van der Waals surface area contributed by atoms with Crippen molar-refractivity contribution < 1.29 is 19.3 Å². The zero-order valence-corrected chi connectivity index (χ0v) is 15.7. The van der Waals surface area contributed by atoms with Crippen LogP contribution in [0.3, 0.4) is 0 Å². The minimum Gasteiger partial charge on any atom is -0.338 e. The first-order chi connectivity index (χ1) is 13.4. The van der Waals surface area contributed by atoms with Gasteiger partial charge < -0.3 is 4.90 Å². The number of hydrogen-bond donors (Lipinski definition) is 2. The number of nitro benzene ring substituents is 1. The van der Waals surface area contributed by atoms with Crippen LogP contribution in [-0.2, 0) is 22.6 Å². The normalized spacial score (nSPS) is 12.8. The van der Waals surface area contributed by atoms with E-state index in [0.29, 0.717) is 13.1 Å². The van der Waals surface area contributed by atoms with Crippen LogP contribution in [0, 0.1) is 10.1 Å². The van der Waals surface area contributed by atoms with E-state index in [9.17, 15) is 24.5 Å². The minimum absolute atomic E-state index is 0.0397. The second-order valence-electron chi connectivity index (χ2n) is 6.24. The molecule has 3 amide bonds. The lowest BCUT2D eigenvalue weighted by molar-refractivity contribution is -0.384. The number of fused-ring (bicyclic) bond motifs is 1. The maximum Gasteiger partial charge on any atom is 0.270 e. The first-order valence-electron chi connectivity index (χ1n) is 8.60. The molecule has 0 radical (unpaired) electrons. The number of carbonyl (C=O) groups excluding carboxylic acids is 3. The maximum absolute atomic E-state index is 12.3. The topological polar surface area (TPSA) is 122 Å². The summed E-state index contributed by atoms with van der Waals surface area (Å²) in [5.74, 6) is -1.30. The van der Waals surface area contributed by atoms with Crippen molar-refractivity contribution in [3.05, 3.63) is 61.8 Å². The molecule has 0 bridgehead atoms. The van der Waals surface area contributed by atoms with Crippen molar-refractivity contribution in [3.8, 4) is 0 Å². The smallest absolute Gasteiger partial charge is 0.270 e.